The minimum Gasteiger partial charge on any atom is -0.397 e. The molecule has 0 heterocycles. The fourth-order valence-electron chi connectivity index (χ4n) is 3.49. The van der Waals surface area contributed by atoms with Gasteiger partial charge < -0.3 is 5.11 Å². The summed E-state index contributed by atoms with van der Waals surface area (Å²) in [7, 11) is 0. The van der Waals surface area contributed by atoms with Crippen LogP contribution in [0.4, 0.5) is 0 Å². The lowest BCUT2D eigenvalue weighted by Gasteiger charge is -2.19. The first-order valence-corrected chi connectivity index (χ1v) is 6.04. The van der Waals surface area contributed by atoms with Gasteiger partial charge in [-0.15, -0.1) is 0 Å². The van der Waals surface area contributed by atoms with Crippen molar-refractivity contribution in [2.75, 3.05) is 6.61 Å². The Hall–Kier alpha value is -0.0400. The highest BCUT2D eigenvalue weighted by Gasteiger charge is 2.70. The van der Waals surface area contributed by atoms with Crippen LogP contribution in [0.2, 0.25) is 0 Å². The maximum absolute atomic E-state index is 7.57. The molecule has 0 aromatic heterocycles. The van der Waals surface area contributed by atoms with Crippen molar-refractivity contribution >= 4 is 0 Å². The first-order chi connectivity index (χ1) is 6.44. The van der Waals surface area contributed by atoms with E-state index in [-0.39, 0.29) is 6.61 Å². The second-order valence-electron chi connectivity index (χ2n) is 5.72. The van der Waals surface area contributed by atoms with Gasteiger partial charge in [0.25, 0.3) is 0 Å². The molecule has 2 aliphatic rings. The molecule has 0 saturated heterocycles. The Bertz CT molecular complexity index is 197. The van der Waals surface area contributed by atoms with Crippen LogP contribution in [0.25, 0.3) is 0 Å². The van der Waals surface area contributed by atoms with Crippen LogP contribution in [-0.2, 0) is 0 Å². The molecule has 1 N–H and O–H groups in total. The summed E-state index contributed by atoms with van der Waals surface area (Å²) in [5.74, 6) is 2.11. The minimum absolute atomic E-state index is 0.250. The number of fused-ring (bicyclic) bond motifs is 1. The Morgan fingerprint density at radius 2 is 1.71 bits per heavy atom. The molecule has 0 aliphatic heterocycles. The van der Waals surface area contributed by atoms with Gasteiger partial charge in [-0.3, -0.25) is 0 Å². The summed E-state index contributed by atoms with van der Waals surface area (Å²) in [6.45, 7) is 11.7. The normalized spacial score (nSPS) is 42.4. The maximum Gasteiger partial charge on any atom is 0.0402 e. The van der Waals surface area contributed by atoms with Gasteiger partial charge in [-0.25, -0.2) is 0 Å². The molecular weight excluding hydrogens is 172 g/mol. The fraction of sp³-hybridized carbons (Fsp3) is 1.00. The third kappa shape index (κ3) is 1.60. The third-order valence-electron chi connectivity index (χ3n) is 4.89. The molecule has 3 atom stereocenters. The minimum atomic E-state index is 0.250. The third-order valence-corrected chi connectivity index (χ3v) is 4.89. The summed E-state index contributed by atoms with van der Waals surface area (Å²) >= 11 is 0. The van der Waals surface area contributed by atoms with Gasteiger partial charge in [0.15, 0.2) is 0 Å². The lowest BCUT2D eigenvalue weighted by molar-refractivity contribution is 0.313. The number of hydrogen-bond donors (Lipinski definition) is 1. The van der Waals surface area contributed by atoms with Gasteiger partial charge >= 0.3 is 0 Å². The second kappa shape index (κ2) is 3.84. The summed E-state index contributed by atoms with van der Waals surface area (Å²) in [5.41, 5.74) is 1.41. The molecule has 0 aromatic carbocycles. The average Bonchev–Trinajstić information content (AvgIpc) is 2.49. The highest BCUT2D eigenvalue weighted by atomic mass is 16.2. The van der Waals surface area contributed by atoms with E-state index in [4.69, 9.17) is 5.11 Å². The molecule has 2 saturated carbocycles. The Morgan fingerprint density at radius 1 is 1.21 bits per heavy atom. The van der Waals surface area contributed by atoms with Crippen molar-refractivity contribution < 1.29 is 5.11 Å². The van der Waals surface area contributed by atoms with Crippen LogP contribution in [0, 0.1) is 22.7 Å². The Labute approximate surface area is 88.9 Å². The molecule has 0 radical (unpaired) electrons. The van der Waals surface area contributed by atoms with Crippen molar-refractivity contribution in [2.24, 2.45) is 22.7 Å². The van der Waals surface area contributed by atoms with E-state index in [0.717, 1.165) is 17.3 Å². The van der Waals surface area contributed by atoms with E-state index < -0.39 is 0 Å². The van der Waals surface area contributed by atoms with Crippen LogP contribution < -0.4 is 0 Å². The molecule has 0 aromatic rings. The van der Waals surface area contributed by atoms with E-state index in [1.54, 1.807) is 6.92 Å². The Kier molecular flexibility index (Phi) is 3.30. The molecule has 14 heavy (non-hydrogen) atoms. The molecule has 0 spiro atoms. The topological polar surface area (TPSA) is 20.2 Å². The summed E-state index contributed by atoms with van der Waals surface area (Å²) in [6, 6.07) is 0. The van der Waals surface area contributed by atoms with Crippen LogP contribution in [-0.4, -0.2) is 11.7 Å². The predicted molar refractivity (Wildman–Crippen MR) is 61.2 cm³/mol. The van der Waals surface area contributed by atoms with Crippen molar-refractivity contribution in [3.8, 4) is 0 Å². The van der Waals surface area contributed by atoms with Crippen LogP contribution in [0.15, 0.2) is 0 Å². The zero-order valence-corrected chi connectivity index (χ0v) is 10.4. The first kappa shape index (κ1) is 12.0. The summed E-state index contributed by atoms with van der Waals surface area (Å²) in [5, 5.41) is 7.57. The molecule has 1 nitrogen and oxygen atoms in total. The predicted octanol–water partition coefficient (Wildman–Crippen LogP) is 3.47. The van der Waals surface area contributed by atoms with E-state index >= 15 is 0 Å². The molecule has 1 heteroatoms. The first-order valence-electron chi connectivity index (χ1n) is 6.04. The van der Waals surface area contributed by atoms with E-state index in [1.807, 2.05) is 0 Å². The van der Waals surface area contributed by atoms with Gasteiger partial charge in [0.2, 0.25) is 0 Å². The molecule has 2 fully saturated rings. The van der Waals surface area contributed by atoms with E-state index in [2.05, 4.69) is 27.7 Å². The number of aliphatic hydroxyl groups is 1. The largest absolute Gasteiger partial charge is 0.397 e. The molecule has 2 aliphatic carbocycles. The molecule has 84 valence electrons. The smallest absolute Gasteiger partial charge is 0.0402 e. The number of rotatable bonds is 1. The van der Waals surface area contributed by atoms with Crippen molar-refractivity contribution in [1.82, 2.24) is 0 Å². The van der Waals surface area contributed by atoms with Crippen molar-refractivity contribution in [3.63, 3.8) is 0 Å². The highest BCUT2D eigenvalue weighted by Crippen LogP contribution is 2.77. The molecule has 3 unspecified atom stereocenters. The quantitative estimate of drug-likeness (QED) is 0.684. The zero-order chi connectivity index (χ0) is 11.0. The van der Waals surface area contributed by atoms with Gasteiger partial charge in [-0.1, -0.05) is 34.1 Å². The Morgan fingerprint density at radius 3 is 2.00 bits per heavy atom. The maximum atomic E-state index is 7.57. The summed E-state index contributed by atoms with van der Waals surface area (Å²) in [4.78, 5) is 0. The van der Waals surface area contributed by atoms with Crippen molar-refractivity contribution in [2.45, 2.75) is 53.9 Å². The summed E-state index contributed by atoms with van der Waals surface area (Å²) in [6.07, 6.45) is 4.42. The monoisotopic (exact) mass is 198 g/mol. The van der Waals surface area contributed by atoms with E-state index in [9.17, 15) is 0 Å². The molecule has 0 bridgehead atoms. The fourth-order valence-corrected chi connectivity index (χ4v) is 3.49. The van der Waals surface area contributed by atoms with Gasteiger partial charge in [-0.2, -0.15) is 0 Å². The van der Waals surface area contributed by atoms with Crippen LogP contribution in [0.1, 0.15) is 53.9 Å². The van der Waals surface area contributed by atoms with E-state index in [1.165, 1.54) is 19.3 Å². The molecule has 2 rings (SSSR count). The lowest BCUT2D eigenvalue weighted by atomic mass is 9.86. The van der Waals surface area contributed by atoms with Crippen molar-refractivity contribution in [3.05, 3.63) is 0 Å². The van der Waals surface area contributed by atoms with Crippen LogP contribution in [0.3, 0.4) is 0 Å². The molecular formula is C13H26O. The number of aliphatic hydroxyl groups excluding tert-OH is 1. The van der Waals surface area contributed by atoms with E-state index in [0.29, 0.717) is 5.41 Å². The average molecular weight is 198 g/mol. The highest BCUT2D eigenvalue weighted by molar-refractivity contribution is 5.19. The summed E-state index contributed by atoms with van der Waals surface area (Å²) < 4.78 is 0. The standard InChI is InChI=1S/C11H20.C2H6O/c1-5-8-6-9-10(2,3)11(9,4)7-8;1-2-3/h8-9H,5-7H2,1-4H3;3H,2H2,1H3. The van der Waals surface area contributed by atoms with Crippen LogP contribution in [0.5, 0.6) is 0 Å². The second-order valence-corrected chi connectivity index (χ2v) is 5.72. The Balaban J connectivity index is 0.000000293. The zero-order valence-electron chi connectivity index (χ0n) is 10.4. The van der Waals surface area contributed by atoms with Crippen molar-refractivity contribution in [1.29, 1.82) is 0 Å². The lowest BCUT2D eigenvalue weighted by Crippen LogP contribution is -2.09. The SMILES string of the molecule is CCC1CC2C(C)(C)C2(C)C1.CCO. The number of hydrogen-bond acceptors (Lipinski definition) is 1. The van der Waals surface area contributed by atoms with Gasteiger partial charge in [-0.05, 0) is 42.4 Å². The van der Waals surface area contributed by atoms with Gasteiger partial charge in [0.05, 0.1) is 0 Å². The van der Waals surface area contributed by atoms with Gasteiger partial charge in [0.1, 0.15) is 0 Å². The molecule has 0 amide bonds. The van der Waals surface area contributed by atoms with Gasteiger partial charge in [0, 0.05) is 6.61 Å². The van der Waals surface area contributed by atoms with Crippen LogP contribution >= 0.6 is 0 Å².